The molecule has 1 amide bonds. The molecule has 108 valence electrons. The number of carbonyl (C=O) groups is 1. The monoisotopic (exact) mass is 274 g/mol. The highest BCUT2D eigenvalue weighted by Crippen LogP contribution is 2.22. The molecule has 3 rings (SSSR count). The summed E-state index contributed by atoms with van der Waals surface area (Å²) in [4.78, 5) is 16.4. The van der Waals surface area contributed by atoms with Gasteiger partial charge >= 0.3 is 0 Å². The van der Waals surface area contributed by atoms with Crippen molar-refractivity contribution in [2.45, 2.75) is 31.9 Å². The van der Waals surface area contributed by atoms with Gasteiger partial charge in [-0.2, -0.15) is 0 Å². The molecule has 1 fully saturated rings. The third-order valence-electron chi connectivity index (χ3n) is 4.37. The SMILES string of the molecule is CC1(O)CCN(CC(=O)N2CCc3ccccc3C2)C1. The van der Waals surface area contributed by atoms with E-state index in [1.54, 1.807) is 0 Å². The van der Waals surface area contributed by atoms with E-state index in [1.165, 1.54) is 11.1 Å². The maximum atomic E-state index is 12.4. The lowest BCUT2D eigenvalue weighted by molar-refractivity contribution is -0.133. The number of hydrogen-bond acceptors (Lipinski definition) is 3. The Balaban J connectivity index is 1.59. The van der Waals surface area contributed by atoms with Crippen molar-refractivity contribution in [1.82, 2.24) is 9.80 Å². The predicted octanol–water partition coefficient (Wildman–Crippen LogP) is 1.03. The summed E-state index contributed by atoms with van der Waals surface area (Å²) in [5, 5.41) is 9.95. The molecule has 4 heteroatoms. The van der Waals surface area contributed by atoms with Gasteiger partial charge in [-0.15, -0.1) is 0 Å². The fraction of sp³-hybridized carbons (Fsp3) is 0.562. The van der Waals surface area contributed by atoms with Gasteiger partial charge in [0.1, 0.15) is 0 Å². The molecule has 0 bridgehead atoms. The normalized spacial score (nSPS) is 26.6. The van der Waals surface area contributed by atoms with Gasteiger partial charge in [0.05, 0.1) is 12.1 Å². The van der Waals surface area contributed by atoms with Gasteiger partial charge in [0.2, 0.25) is 5.91 Å². The van der Waals surface area contributed by atoms with Crippen molar-refractivity contribution >= 4 is 5.91 Å². The second-order valence-corrected chi connectivity index (χ2v) is 6.29. The molecular weight excluding hydrogens is 252 g/mol. The Kier molecular flexibility index (Phi) is 3.52. The fourth-order valence-electron chi connectivity index (χ4n) is 3.17. The van der Waals surface area contributed by atoms with Crippen molar-refractivity contribution in [3.8, 4) is 0 Å². The van der Waals surface area contributed by atoms with E-state index in [1.807, 2.05) is 17.9 Å². The summed E-state index contributed by atoms with van der Waals surface area (Å²) in [6.07, 6.45) is 1.70. The number of hydrogen-bond donors (Lipinski definition) is 1. The van der Waals surface area contributed by atoms with E-state index in [0.717, 1.165) is 32.5 Å². The Morgan fingerprint density at radius 1 is 1.30 bits per heavy atom. The molecule has 2 aliphatic heterocycles. The molecule has 1 atom stereocenters. The maximum Gasteiger partial charge on any atom is 0.237 e. The molecule has 4 nitrogen and oxygen atoms in total. The number of carbonyl (C=O) groups excluding carboxylic acids is 1. The maximum absolute atomic E-state index is 12.4. The highest BCUT2D eigenvalue weighted by Gasteiger charge is 2.33. The van der Waals surface area contributed by atoms with Crippen molar-refractivity contribution in [3.63, 3.8) is 0 Å². The van der Waals surface area contributed by atoms with E-state index in [2.05, 4.69) is 23.1 Å². The number of fused-ring (bicyclic) bond motifs is 1. The minimum atomic E-state index is -0.630. The first-order valence-corrected chi connectivity index (χ1v) is 7.33. The van der Waals surface area contributed by atoms with Crippen LogP contribution in [0.3, 0.4) is 0 Å². The van der Waals surface area contributed by atoms with Crippen LogP contribution in [-0.2, 0) is 17.8 Å². The summed E-state index contributed by atoms with van der Waals surface area (Å²) < 4.78 is 0. The van der Waals surface area contributed by atoms with E-state index >= 15 is 0 Å². The first kappa shape index (κ1) is 13.6. The van der Waals surface area contributed by atoms with Gasteiger partial charge in [0, 0.05) is 26.2 Å². The average molecular weight is 274 g/mol. The molecule has 0 saturated carbocycles. The van der Waals surface area contributed by atoms with Crippen LogP contribution in [0.15, 0.2) is 24.3 Å². The van der Waals surface area contributed by atoms with Crippen LogP contribution in [0.25, 0.3) is 0 Å². The summed E-state index contributed by atoms with van der Waals surface area (Å²) in [7, 11) is 0. The van der Waals surface area contributed by atoms with E-state index < -0.39 is 5.60 Å². The topological polar surface area (TPSA) is 43.8 Å². The van der Waals surface area contributed by atoms with Crippen LogP contribution in [0.1, 0.15) is 24.5 Å². The number of likely N-dealkylation sites (tertiary alicyclic amines) is 1. The van der Waals surface area contributed by atoms with Crippen molar-refractivity contribution in [2.75, 3.05) is 26.2 Å². The first-order valence-electron chi connectivity index (χ1n) is 7.33. The number of β-amino-alcohol motifs (C(OH)–C–C–N with tert-alkyl or cyclic N) is 1. The largest absolute Gasteiger partial charge is 0.389 e. The van der Waals surface area contributed by atoms with Crippen LogP contribution in [0, 0.1) is 0 Å². The van der Waals surface area contributed by atoms with Gasteiger partial charge < -0.3 is 10.0 Å². The molecule has 0 aliphatic carbocycles. The number of nitrogens with zero attached hydrogens (tertiary/aromatic N) is 2. The second kappa shape index (κ2) is 5.19. The number of aliphatic hydroxyl groups is 1. The van der Waals surface area contributed by atoms with Crippen LogP contribution in [0.4, 0.5) is 0 Å². The first-order chi connectivity index (χ1) is 9.53. The highest BCUT2D eigenvalue weighted by atomic mass is 16.3. The zero-order valence-corrected chi connectivity index (χ0v) is 12.0. The van der Waals surface area contributed by atoms with Gasteiger partial charge in [0.15, 0.2) is 0 Å². The lowest BCUT2D eigenvalue weighted by atomic mass is 10.00. The highest BCUT2D eigenvalue weighted by molar-refractivity contribution is 5.78. The predicted molar refractivity (Wildman–Crippen MR) is 77.2 cm³/mol. The summed E-state index contributed by atoms with van der Waals surface area (Å²) in [5.74, 6) is 0.178. The van der Waals surface area contributed by atoms with Crippen LogP contribution in [0.2, 0.25) is 0 Å². The van der Waals surface area contributed by atoms with Crippen molar-refractivity contribution in [1.29, 1.82) is 0 Å². The molecule has 0 aromatic heterocycles. The Hall–Kier alpha value is -1.39. The Bertz CT molecular complexity index is 513. The third-order valence-corrected chi connectivity index (χ3v) is 4.37. The molecule has 0 radical (unpaired) electrons. The number of rotatable bonds is 2. The third kappa shape index (κ3) is 2.86. The Labute approximate surface area is 120 Å². The molecule has 1 N–H and O–H groups in total. The lowest BCUT2D eigenvalue weighted by Crippen LogP contribution is -2.43. The van der Waals surface area contributed by atoms with Gasteiger partial charge in [-0.05, 0) is 30.9 Å². The Morgan fingerprint density at radius 3 is 2.75 bits per heavy atom. The van der Waals surface area contributed by atoms with Crippen LogP contribution < -0.4 is 0 Å². The molecule has 2 aliphatic rings. The average Bonchev–Trinajstić information content (AvgIpc) is 2.77. The standard InChI is InChI=1S/C16H22N2O2/c1-16(20)7-9-17(12-16)11-15(19)18-8-6-13-4-2-3-5-14(13)10-18/h2-5,20H,6-12H2,1H3. The van der Waals surface area contributed by atoms with Gasteiger partial charge in [-0.25, -0.2) is 0 Å². The van der Waals surface area contributed by atoms with Gasteiger partial charge in [0.25, 0.3) is 0 Å². The van der Waals surface area contributed by atoms with Crippen LogP contribution >= 0.6 is 0 Å². The zero-order chi connectivity index (χ0) is 14.2. The molecule has 1 unspecified atom stereocenters. The molecule has 2 heterocycles. The molecule has 20 heavy (non-hydrogen) atoms. The van der Waals surface area contributed by atoms with Crippen molar-refractivity contribution in [2.24, 2.45) is 0 Å². The van der Waals surface area contributed by atoms with Gasteiger partial charge in [-0.1, -0.05) is 24.3 Å². The van der Waals surface area contributed by atoms with Crippen molar-refractivity contribution < 1.29 is 9.90 Å². The number of benzene rings is 1. The number of amides is 1. The van der Waals surface area contributed by atoms with E-state index in [4.69, 9.17) is 0 Å². The molecule has 0 spiro atoms. The van der Waals surface area contributed by atoms with E-state index in [9.17, 15) is 9.90 Å². The molecule has 1 saturated heterocycles. The Morgan fingerprint density at radius 2 is 2.05 bits per heavy atom. The quantitative estimate of drug-likeness (QED) is 0.876. The second-order valence-electron chi connectivity index (χ2n) is 6.29. The molecule has 1 aromatic rings. The van der Waals surface area contributed by atoms with Crippen LogP contribution in [0.5, 0.6) is 0 Å². The fourth-order valence-corrected chi connectivity index (χ4v) is 3.17. The smallest absolute Gasteiger partial charge is 0.237 e. The summed E-state index contributed by atoms with van der Waals surface area (Å²) in [6.45, 7) is 5.21. The van der Waals surface area contributed by atoms with E-state index in [0.29, 0.717) is 13.1 Å². The minimum Gasteiger partial charge on any atom is -0.389 e. The zero-order valence-electron chi connectivity index (χ0n) is 12.0. The van der Waals surface area contributed by atoms with Crippen LogP contribution in [-0.4, -0.2) is 52.6 Å². The minimum absolute atomic E-state index is 0.178. The lowest BCUT2D eigenvalue weighted by Gasteiger charge is -2.30. The van der Waals surface area contributed by atoms with E-state index in [-0.39, 0.29) is 5.91 Å². The summed E-state index contributed by atoms with van der Waals surface area (Å²) >= 11 is 0. The molecular formula is C16H22N2O2. The van der Waals surface area contributed by atoms with Crippen molar-refractivity contribution in [3.05, 3.63) is 35.4 Å². The summed E-state index contributed by atoms with van der Waals surface area (Å²) in [5.41, 5.74) is 2.00. The summed E-state index contributed by atoms with van der Waals surface area (Å²) in [6, 6.07) is 8.34. The van der Waals surface area contributed by atoms with Gasteiger partial charge in [-0.3, -0.25) is 9.69 Å². The molecule has 1 aromatic carbocycles.